The summed E-state index contributed by atoms with van der Waals surface area (Å²) in [4.78, 5) is 13.5. The Morgan fingerprint density at radius 1 is 1.36 bits per heavy atom. The molecule has 1 heterocycles. The zero-order chi connectivity index (χ0) is 18.5. The molecule has 1 aromatic rings. The van der Waals surface area contributed by atoms with Gasteiger partial charge in [-0.15, -0.1) is 0 Å². The van der Waals surface area contributed by atoms with Crippen LogP contribution in [0.25, 0.3) is 0 Å². The number of carbonyl (C=O) groups excluding carboxylic acids is 1. The van der Waals surface area contributed by atoms with Gasteiger partial charge in [0.1, 0.15) is 5.60 Å². The Morgan fingerprint density at radius 2 is 2.00 bits per heavy atom. The molecule has 1 aliphatic heterocycles. The van der Waals surface area contributed by atoms with E-state index in [2.05, 4.69) is 6.07 Å². The molecule has 1 aliphatic rings. The Morgan fingerprint density at radius 3 is 2.56 bits per heavy atom. The Bertz CT molecular complexity index is 613. The zero-order valence-electron chi connectivity index (χ0n) is 15.1. The molecule has 1 amide bonds. The maximum atomic E-state index is 12.0. The molecule has 1 saturated heterocycles. The average Bonchev–Trinajstić information content (AvgIpc) is 2.51. The molecule has 0 aromatic heterocycles. The molecular weight excluding hydrogens is 320 g/mol. The number of hydrogen-bond acceptors (Lipinski definition) is 5. The SMILES string of the molecule is CC(C)(C)OC(=O)N1CC(C#N)(CC[C@@H](O)OCc2ccccc2)C1. The lowest BCUT2D eigenvalue weighted by Gasteiger charge is -2.45. The van der Waals surface area contributed by atoms with Crippen LogP contribution >= 0.6 is 0 Å². The summed E-state index contributed by atoms with van der Waals surface area (Å²) in [5, 5.41) is 19.4. The Kier molecular flexibility index (Phi) is 6.04. The highest BCUT2D eigenvalue weighted by molar-refractivity contribution is 5.69. The lowest BCUT2D eigenvalue weighted by Crippen LogP contribution is -2.58. The molecule has 0 radical (unpaired) electrons. The number of aliphatic hydroxyl groups is 1. The minimum atomic E-state index is -0.930. The van der Waals surface area contributed by atoms with Gasteiger partial charge in [-0.05, 0) is 39.2 Å². The van der Waals surface area contributed by atoms with Gasteiger partial charge < -0.3 is 19.5 Å². The van der Waals surface area contributed by atoms with Gasteiger partial charge in [0.05, 0.1) is 18.1 Å². The maximum Gasteiger partial charge on any atom is 0.410 e. The minimum Gasteiger partial charge on any atom is -0.444 e. The summed E-state index contributed by atoms with van der Waals surface area (Å²) in [7, 11) is 0. The van der Waals surface area contributed by atoms with Crippen LogP contribution in [0.5, 0.6) is 0 Å². The van der Waals surface area contributed by atoms with E-state index in [0.29, 0.717) is 32.5 Å². The van der Waals surface area contributed by atoms with Gasteiger partial charge in [-0.3, -0.25) is 0 Å². The van der Waals surface area contributed by atoms with Crippen LogP contribution in [0.2, 0.25) is 0 Å². The second kappa shape index (κ2) is 7.85. The van der Waals surface area contributed by atoms with Gasteiger partial charge in [-0.1, -0.05) is 30.3 Å². The number of nitrogens with zero attached hydrogens (tertiary/aromatic N) is 2. The van der Waals surface area contributed by atoms with Crippen LogP contribution in [0.15, 0.2) is 30.3 Å². The van der Waals surface area contributed by atoms with Gasteiger partial charge in [0.25, 0.3) is 0 Å². The topological polar surface area (TPSA) is 82.8 Å². The molecule has 6 heteroatoms. The standard InChI is InChI=1S/C19H26N2O4/c1-18(2,3)25-17(23)21-13-19(12-20,14-21)10-9-16(22)24-11-15-7-5-4-6-8-15/h4-8,16,22H,9-11,13-14H2,1-3H3/t16-/m0/s1. The number of benzene rings is 1. The molecule has 1 N–H and O–H groups in total. The van der Waals surface area contributed by atoms with Crippen molar-refractivity contribution in [2.24, 2.45) is 5.41 Å². The van der Waals surface area contributed by atoms with Gasteiger partial charge in [0, 0.05) is 13.1 Å². The first-order valence-electron chi connectivity index (χ1n) is 8.46. The molecule has 1 aromatic carbocycles. The molecule has 0 unspecified atom stereocenters. The van der Waals surface area contributed by atoms with Crippen LogP contribution in [0, 0.1) is 16.7 Å². The fourth-order valence-electron chi connectivity index (χ4n) is 2.67. The maximum absolute atomic E-state index is 12.0. The first-order valence-corrected chi connectivity index (χ1v) is 8.46. The van der Waals surface area contributed by atoms with Crippen LogP contribution in [-0.2, 0) is 16.1 Å². The summed E-state index contributed by atoms with van der Waals surface area (Å²) in [6.07, 6.45) is -0.512. The van der Waals surface area contributed by atoms with Crippen LogP contribution in [0.3, 0.4) is 0 Å². The Labute approximate surface area is 149 Å². The lowest BCUT2D eigenvalue weighted by atomic mass is 9.77. The van der Waals surface area contributed by atoms with Crippen molar-refractivity contribution >= 4 is 6.09 Å². The van der Waals surface area contributed by atoms with Crippen molar-refractivity contribution in [1.29, 1.82) is 5.26 Å². The van der Waals surface area contributed by atoms with E-state index < -0.39 is 23.4 Å². The largest absolute Gasteiger partial charge is 0.444 e. The van der Waals surface area contributed by atoms with E-state index in [-0.39, 0.29) is 0 Å². The summed E-state index contributed by atoms with van der Waals surface area (Å²) < 4.78 is 10.7. The quantitative estimate of drug-likeness (QED) is 0.801. The van der Waals surface area contributed by atoms with Gasteiger partial charge in [-0.2, -0.15) is 5.26 Å². The monoisotopic (exact) mass is 346 g/mol. The fraction of sp³-hybridized carbons (Fsp3) is 0.579. The number of amides is 1. The highest BCUT2D eigenvalue weighted by atomic mass is 16.6. The first-order chi connectivity index (χ1) is 11.7. The number of carbonyl (C=O) groups is 1. The Hall–Kier alpha value is -2.10. The van der Waals surface area contributed by atoms with Crippen LogP contribution in [0.4, 0.5) is 4.79 Å². The number of ether oxygens (including phenoxy) is 2. The molecule has 6 nitrogen and oxygen atoms in total. The van der Waals surface area contributed by atoms with Crippen molar-refractivity contribution < 1.29 is 19.4 Å². The van der Waals surface area contributed by atoms with Crippen molar-refractivity contribution in [3.05, 3.63) is 35.9 Å². The molecule has 0 aliphatic carbocycles. The number of nitriles is 1. The third-order valence-electron chi connectivity index (χ3n) is 4.03. The molecule has 1 fully saturated rings. The van der Waals surface area contributed by atoms with Crippen molar-refractivity contribution in [3.63, 3.8) is 0 Å². The van der Waals surface area contributed by atoms with Crippen molar-refractivity contribution in [3.8, 4) is 6.07 Å². The Balaban J connectivity index is 1.74. The van der Waals surface area contributed by atoms with Crippen molar-refractivity contribution in [2.75, 3.05) is 13.1 Å². The van der Waals surface area contributed by atoms with Crippen LogP contribution < -0.4 is 0 Å². The van der Waals surface area contributed by atoms with E-state index >= 15 is 0 Å². The predicted molar refractivity (Wildman–Crippen MR) is 92.3 cm³/mol. The van der Waals surface area contributed by atoms with Crippen molar-refractivity contribution in [2.45, 2.75) is 52.1 Å². The molecule has 0 bridgehead atoms. The summed E-state index contributed by atoms with van der Waals surface area (Å²) >= 11 is 0. The van der Waals surface area contributed by atoms with Gasteiger partial charge in [0.15, 0.2) is 6.29 Å². The molecule has 0 saturated carbocycles. The first kappa shape index (κ1) is 19.2. The number of rotatable bonds is 6. The molecule has 2 rings (SSSR count). The minimum absolute atomic E-state index is 0.323. The number of likely N-dealkylation sites (tertiary alicyclic amines) is 1. The second-order valence-electron chi connectivity index (χ2n) is 7.52. The highest BCUT2D eigenvalue weighted by Crippen LogP contribution is 2.36. The number of hydrogen-bond donors (Lipinski definition) is 1. The average molecular weight is 346 g/mol. The highest BCUT2D eigenvalue weighted by Gasteiger charge is 2.46. The summed E-state index contributed by atoms with van der Waals surface area (Å²) in [5.41, 5.74) is -0.200. The summed E-state index contributed by atoms with van der Waals surface area (Å²) in [5.74, 6) is 0. The normalized spacial score (nSPS) is 17.3. The van der Waals surface area contributed by atoms with E-state index in [9.17, 15) is 15.2 Å². The third kappa shape index (κ3) is 5.73. The van der Waals surface area contributed by atoms with Crippen LogP contribution in [-0.4, -0.2) is 41.1 Å². The van der Waals surface area contributed by atoms with Gasteiger partial charge in [0.2, 0.25) is 0 Å². The summed E-state index contributed by atoms with van der Waals surface area (Å²) in [6, 6.07) is 11.9. The smallest absolute Gasteiger partial charge is 0.410 e. The fourth-order valence-corrected chi connectivity index (χ4v) is 2.67. The summed E-state index contributed by atoms with van der Waals surface area (Å²) in [6.45, 7) is 6.40. The van der Waals surface area contributed by atoms with Gasteiger partial charge in [-0.25, -0.2) is 4.79 Å². The molecule has 25 heavy (non-hydrogen) atoms. The van der Waals surface area contributed by atoms with Gasteiger partial charge >= 0.3 is 6.09 Å². The predicted octanol–water partition coefficient (Wildman–Crippen LogP) is 3.06. The van der Waals surface area contributed by atoms with E-state index in [4.69, 9.17) is 9.47 Å². The second-order valence-corrected chi connectivity index (χ2v) is 7.52. The van der Waals surface area contributed by atoms with E-state index in [1.165, 1.54) is 4.90 Å². The lowest BCUT2D eigenvalue weighted by molar-refractivity contribution is -0.119. The molecule has 1 atom stereocenters. The third-order valence-corrected chi connectivity index (χ3v) is 4.03. The van der Waals surface area contributed by atoms with E-state index in [0.717, 1.165) is 5.56 Å². The number of aliphatic hydroxyl groups excluding tert-OH is 1. The molecule has 0 spiro atoms. The van der Waals surface area contributed by atoms with Crippen molar-refractivity contribution in [1.82, 2.24) is 4.90 Å². The van der Waals surface area contributed by atoms with E-state index in [1.54, 1.807) is 0 Å². The zero-order valence-corrected chi connectivity index (χ0v) is 15.1. The van der Waals surface area contributed by atoms with Crippen LogP contribution in [0.1, 0.15) is 39.2 Å². The molecular formula is C19H26N2O4. The molecule has 136 valence electrons. The van der Waals surface area contributed by atoms with E-state index in [1.807, 2.05) is 51.1 Å².